The van der Waals surface area contributed by atoms with Gasteiger partial charge in [-0.25, -0.2) is 4.39 Å². The monoisotopic (exact) mass is 361 g/mol. The van der Waals surface area contributed by atoms with Gasteiger partial charge in [-0.1, -0.05) is 22.0 Å². The van der Waals surface area contributed by atoms with E-state index in [-0.39, 0.29) is 15.7 Å². The molecule has 0 heterocycles. The molecule has 2 aromatic rings. The molecule has 7 heteroatoms. The molecule has 0 atom stereocenters. The van der Waals surface area contributed by atoms with Crippen molar-refractivity contribution in [3.8, 4) is 0 Å². The van der Waals surface area contributed by atoms with Gasteiger partial charge >= 0.3 is 6.18 Å². The Morgan fingerprint density at radius 1 is 1.10 bits per heavy atom. The summed E-state index contributed by atoms with van der Waals surface area (Å²) >= 11 is 2.80. The molecule has 2 nitrogen and oxygen atoms in total. The van der Waals surface area contributed by atoms with E-state index in [0.717, 1.165) is 18.2 Å². The van der Waals surface area contributed by atoms with E-state index in [1.54, 1.807) is 0 Å². The summed E-state index contributed by atoms with van der Waals surface area (Å²) in [5.74, 6) is -1.29. The van der Waals surface area contributed by atoms with Crippen molar-refractivity contribution in [2.24, 2.45) is 0 Å². The van der Waals surface area contributed by atoms with E-state index in [4.69, 9.17) is 0 Å². The summed E-state index contributed by atoms with van der Waals surface area (Å²) in [6, 6.07) is 8.17. The third kappa shape index (κ3) is 3.81. The molecule has 2 aromatic carbocycles. The lowest BCUT2D eigenvalue weighted by Crippen LogP contribution is -2.13. The zero-order valence-electron chi connectivity index (χ0n) is 10.3. The first-order valence-corrected chi connectivity index (χ1v) is 6.50. The zero-order valence-corrected chi connectivity index (χ0v) is 11.9. The van der Waals surface area contributed by atoms with Crippen LogP contribution in [0.5, 0.6) is 0 Å². The highest BCUT2D eigenvalue weighted by Crippen LogP contribution is 2.36. The predicted octanol–water partition coefficient (Wildman–Crippen LogP) is 4.86. The SMILES string of the molecule is O=C(Nc1ccc(Br)c(C(F)(F)F)c1)c1cccc(F)c1. The van der Waals surface area contributed by atoms with Crippen LogP contribution in [-0.4, -0.2) is 5.91 Å². The van der Waals surface area contributed by atoms with Crippen molar-refractivity contribution in [2.45, 2.75) is 6.18 Å². The van der Waals surface area contributed by atoms with Crippen LogP contribution >= 0.6 is 15.9 Å². The van der Waals surface area contributed by atoms with Crippen LogP contribution in [0.2, 0.25) is 0 Å². The number of hydrogen-bond donors (Lipinski definition) is 1. The standard InChI is InChI=1S/C14H8BrF4NO/c15-12-5-4-10(7-11(12)14(17,18)19)20-13(21)8-2-1-3-9(16)6-8/h1-7H,(H,20,21). The number of carbonyl (C=O) groups excluding carboxylic acids is 1. The van der Waals surface area contributed by atoms with Gasteiger partial charge in [-0.05, 0) is 36.4 Å². The van der Waals surface area contributed by atoms with Crippen molar-refractivity contribution in [2.75, 3.05) is 5.32 Å². The summed E-state index contributed by atoms with van der Waals surface area (Å²) < 4.78 is 51.1. The summed E-state index contributed by atoms with van der Waals surface area (Å²) in [5.41, 5.74) is -0.911. The Kier molecular flexibility index (Phi) is 4.32. The molecule has 110 valence electrons. The summed E-state index contributed by atoms with van der Waals surface area (Å²) in [6.45, 7) is 0. The second-order valence-corrected chi connectivity index (χ2v) is 5.01. The lowest BCUT2D eigenvalue weighted by atomic mass is 10.1. The Hall–Kier alpha value is -1.89. The molecule has 0 fully saturated rings. The molecule has 2 rings (SSSR count). The highest BCUT2D eigenvalue weighted by molar-refractivity contribution is 9.10. The van der Waals surface area contributed by atoms with Gasteiger partial charge in [0, 0.05) is 15.7 Å². The van der Waals surface area contributed by atoms with Gasteiger partial charge in [0.25, 0.3) is 5.91 Å². The first-order valence-electron chi connectivity index (χ1n) is 5.71. The Labute approximate surface area is 125 Å². The van der Waals surface area contributed by atoms with Crippen molar-refractivity contribution in [1.82, 2.24) is 0 Å². The Bertz CT molecular complexity index is 685. The number of benzene rings is 2. The zero-order chi connectivity index (χ0) is 15.6. The third-order valence-electron chi connectivity index (χ3n) is 2.62. The normalized spacial score (nSPS) is 11.3. The minimum atomic E-state index is -4.54. The maximum absolute atomic E-state index is 13.0. The number of alkyl halides is 3. The van der Waals surface area contributed by atoms with E-state index in [9.17, 15) is 22.4 Å². The molecule has 0 aliphatic rings. The van der Waals surface area contributed by atoms with Crippen molar-refractivity contribution < 1.29 is 22.4 Å². The smallest absolute Gasteiger partial charge is 0.322 e. The molecule has 0 saturated carbocycles. The number of halogens is 5. The average Bonchev–Trinajstić information content (AvgIpc) is 2.39. The molecule has 21 heavy (non-hydrogen) atoms. The third-order valence-corrected chi connectivity index (χ3v) is 3.31. The van der Waals surface area contributed by atoms with Crippen molar-refractivity contribution in [1.29, 1.82) is 0 Å². The van der Waals surface area contributed by atoms with Gasteiger partial charge in [0.15, 0.2) is 0 Å². The molecule has 1 amide bonds. The molecule has 1 N–H and O–H groups in total. The van der Waals surface area contributed by atoms with Gasteiger partial charge in [-0.3, -0.25) is 4.79 Å². The first kappa shape index (κ1) is 15.5. The highest BCUT2D eigenvalue weighted by Gasteiger charge is 2.33. The second kappa shape index (κ2) is 5.85. The summed E-state index contributed by atoms with van der Waals surface area (Å²) in [4.78, 5) is 11.8. The van der Waals surface area contributed by atoms with E-state index in [0.29, 0.717) is 0 Å². The van der Waals surface area contributed by atoms with Crippen LogP contribution in [0.25, 0.3) is 0 Å². The number of nitrogens with one attached hydrogen (secondary N) is 1. The number of hydrogen-bond acceptors (Lipinski definition) is 1. The Balaban J connectivity index is 2.26. The topological polar surface area (TPSA) is 29.1 Å². The minimum Gasteiger partial charge on any atom is -0.322 e. The lowest BCUT2D eigenvalue weighted by molar-refractivity contribution is -0.138. The lowest BCUT2D eigenvalue weighted by Gasteiger charge is -2.12. The second-order valence-electron chi connectivity index (χ2n) is 4.16. The minimum absolute atomic E-state index is 0.0199. The van der Waals surface area contributed by atoms with Gasteiger partial charge in [0.05, 0.1) is 5.56 Å². The summed E-state index contributed by atoms with van der Waals surface area (Å²) in [7, 11) is 0. The fourth-order valence-corrected chi connectivity index (χ4v) is 2.12. The van der Waals surface area contributed by atoms with Crippen molar-refractivity contribution >= 4 is 27.5 Å². The van der Waals surface area contributed by atoms with Crippen LogP contribution in [0.4, 0.5) is 23.2 Å². The van der Waals surface area contributed by atoms with Crippen LogP contribution in [0.15, 0.2) is 46.9 Å². The molecule has 0 aromatic heterocycles. The molecule has 0 unspecified atom stereocenters. The van der Waals surface area contributed by atoms with Gasteiger partial charge in [0.1, 0.15) is 5.82 Å². The van der Waals surface area contributed by atoms with Crippen LogP contribution in [-0.2, 0) is 6.18 Å². The molecular formula is C14H8BrF4NO. The fourth-order valence-electron chi connectivity index (χ4n) is 1.65. The van der Waals surface area contributed by atoms with E-state index >= 15 is 0 Å². The molecule has 0 aliphatic heterocycles. The average molecular weight is 362 g/mol. The predicted molar refractivity (Wildman–Crippen MR) is 73.5 cm³/mol. The van der Waals surface area contributed by atoms with Gasteiger partial charge in [-0.2, -0.15) is 13.2 Å². The highest BCUT2D eigenvalue weighted by atomic mass is 79.9. The van der Waals surface area contributed by atoms with Crippen molar-refractivity contribution in [3.05, 3.63) is 63.9 Å². The van der Waals surface area contributed by atoms with Crippen LogP contribution in [0.3, 0.4) is 0 Å². The molecule has 0 radical (unpaired) electrons. The maximum atomic E-state index is 13.0. The molecule has 0 spiro atoms. The molecule has 0 aliphatic carbocycles. The van der Waals surface area contributed by atoms with Gasteiger partial charge in [-0.15, -0.1) is 0 Å². The summed E-state index contributed by atoms with van der Waals surface area (Å²) in [5, 5.41) is 2.30. The first-order chi connectivity index (χ1) is 9.77. The Morgan fingerprint density at radius 3 is 2.43 bits per heavy atom. The van der Waals surface area contributed by atoms with Gasteiger partial charge in [0.2, 0.25) is 0 Å². The number of rotatable bonds is 2. The molecule has 0 bridgehead atoms. The Morgan fingerprint density at radius 2 is 1.81 bits per heavy atom. The maximum Gasteiger partial charge on any atom is 0.417 e. The molecular weight excluding hydrogens is 354 g/mol. The van der Waals surface area contributed by atoms with Crippen LogP contribution in [0, 0.1) is 5.82 Å². The summed E-state index contributed by atoms with van der Waals surface area (Å²) in [6.07, 6.45) is -4.54. The molecule has 0 saturated heterocycles. The van der Waals surface area contributed by atoms with Crippen molar-refractivity contribution in [3.63, 3.8) is 0 Å². The number of anilines is 1. The number of carbonyl (C=O) groups is 1. The fraction of sp³-hybridized carbons (Fsp3) is 0.0714. The number of amides is 1. The van der Waals surface area contributed by atoms with Crippen LogP contribution in [0.1, 0.15) is 15.9 Å². The van der Waals surface area contributed by atoms with E-state index < -0.39 is 23.5 Å². The quantitative estimate of drug-likeness (QED) is 0.760. The van der Waals surface area contributed by atoms with E-state index in [2.05, 4.69) is 21.2 Å². The van der Waals surface area contributed by atoms with Gasteiger partial charge < -0.3 is 5.32 Å². The van der Waals surface area contributed by atoms with Crippen LogP contribution < -0.4 is 5.32 Å². The largest absolute Gasteiger partial charge is 0.417 e. The van der Waals surface area contributed by atoms with E-state index in [1.165, 1.54) is 24.3 Å². The van der Waals surface area contributed by atoms with E-state index in [1.807, 2.05) is 0 Å².